The van der Waals surface area contributed by atoms with Crippen molar-refractivity contribution in [3.8, 4) is 0 Å². The number of ether oxygens (including phenoxy) is 1. The van der Waals surface area contributed by atoms with Gasteiger partial charge in [0.1, 0.15) is 0 Å². The van der Waals surface area contributed by atoms with E-state index in [1.807, 2.05) is 6.07 Å². The van der Waals surface area contributed by atoms with E-state index in [1.54, 1.807) is 4.90 Å². The van der Waals surface area contributed by atoms with Gasteiger partial charge in [0.25, 0.3) is 0 Å². The molecule has 2 heterocycles. The van der Waals surface area contributed by atoms with Crippen LogP contribution in [0.3, 0.4) is 0 Å². The summed E-state index contributed by atoms with van der Waals surface area (Å²) in [5, 5.41) is 3.54. The molecular weight excluding hydrogens is 216 g/mol. The molecule has 17 heavy (non-hydrogen) atoms. The van der Waals surface area contributed by atoms with Gasteiger partial charge in [-0.05, 0) is 18.1 Å². The van der Waals surface area contributed by atoms with E-state index in [9.17, 15) is 4.79 Å². The minimum absolute atomic E-state index is 0.215. The van der Waals surface area contributed by atoms with Crippen LogP contribution in [0, 0.1) is 0 Å². The molecular formula is C13H16N2O2. The molecule has 2 atom stereocenters. The lowest BCUT2D eigenvalue weighted by atomic mass is 9.90. The van der Waals surface area contributed by atoms with E-state index in [-0.39, 0.29) is 6.09 Å². The second-order valence-corrected chi connectivity index (χ2v) is 4.65. The molecule has 1 fully saturated rings. The Morgan fingerprint density at radius 1 is 1.47 bits per heavy atom. The molecule has 1 saturated heterocycles. The number of benzene rings is 1. The molecule has 1 aromatic rings. The van der Waals surface area contributed by atoms with E-state index in [0.717, 1.165) is 19.5 Å². The summed E-state index contributed by atoms with van der Waals surface area (Å²) >= 11 is 0. The molecule has 90 valence electrons. The maximum atomic E-state index is 11.6. The number of carbonyl (C=O) groups is 1. The standard InChI is InChI=1S/C13H16N2O2/c1-17-13(16)15-7-6-12-10(8-15)9-4-2-3-5-11(9)14-12/h2-5,10,12,14H,6-8H2,1H3. The lowest BCUT2D eigenvalue weighted by Gasteiger charge is -2.34. The van der Waals surface area contributed by atoms with Crippen molar-refractivity contribution in [1.29, 1.82) is 0 Å². The van der Waals surface area contributed by atoms with Crippen LogP contribution in [0.5, 0.6) is 0 Å². The lowest BCUT2D eigenvalue weighted by molar-refractivity contribution is 0.110. The Morgan fingerprint density at radius 3 is 3.12 bits per heavy atom. The maximum absolute atomic E-state index is 11.6. The molecule has 2 aliphatic rings. The molecule has 4 nitrogen and oxygen atoms in total. The van der Waals surface area contributed by atoms with Crippen LogP contribution in [0.1, 0.15) is 17.9 Å². The van der Waals surface area contributed by atoms with E-state index in [1.165, 1.54) is 18.4 Å². The fourth-order valence-corrected chi connectivity index (χ4v) is 2.89. The van der Waals surface area contributed by atoms with Gasteiger partial charge in [0.2, 0.25) is 0 Å². The van der Waals surface area contributed by atoms with Gasteiger partial charge in [-0.3, -0.25) is 0 Å². The molecule has 0 saturated carbocycles. The van der Waals surface area contributed by atoms with E-state index >= 15 is 0 Å². The maximum Gasteiger partial charge on any atom is 0.409 e. The van der Waals surface area contributed by atoms with Crippen LogP contribution in [0.4, 0.5) is 10.5 Å². The van der Waals surface area contributed by atoms with Crippen molar-refractivity contribution in [3.05, 3.63) is 29.8 Å². The molecule has 1 amide bonds. The second kappa shape index (κ2) is 3.95. The van der Waals surface area contributed by atoms with Gasteiger partial charge in [-0.15, -0.1) is 0 Å². The van der Waals surface area contributed by atoms with Gasteiger partial charge in [-0.25, -0.2) is 4.79 Å². The number of amides is 1. The van der Waals surface area contributed by atoms with Crippen molar-refractivity contribution in [2.75, 3.05) is 25.5 Å². The van der Waals surface area contributed by atoms with Crippen molar-refractivity contribution in [2.24, 2.45) is 0 Å². The zero-order valence-electron chi connectivity index (χ0n) is 9.85. The number of methoxy groups -OCH3 is 1. The van der Waals surface area contributed by atoms with Crippen molar-refractivity contribution < 1.29 is 9.53 Å². The average Bonchev–Trinajstić information content (AvgIpc) is 2.75. The minimum atomic E-state index is -0.215. The van der Waals surface area contributed by atoms with Gasteiger partial charge >= 0.3 is 6.09 Å². The average molecular weight is 232 g/mol. The second-order valence-electron chi connectivity index (χ2n) is 4.65. The topological polar surface area (TPSA) is 41.6 Å². The Hall–Kier alpha value is -1.71. The molecule has 2 unspecified atom stereocenters. The van der Waals surface area contributed by atoms with Gasteiger partial charge in [0.15, 0.2) is 0 Å². The molecule has 4 heteroatoms. The zero-order chi connectivity index (χ0) is 11.8. The number of hydrogen-bond donors (Lipinski definition) is 1. The fraction of sp³-hybridized carbons (Fsp3) is 0.462. The lowest BCUT2D eigenvalue weighted by Crippen LogP contribution is -2.44. The predicted octanol–water partition coefficient (Wildman–Crippen LogP) is 2.04. The van der Waals surface area contributed by atoms with Crippen molar-refractivity contribution >= 4 is 11.8 Å². The van der Waals surface area contributed by atoms with Crippen molar-refractivity contribution in [2.45, 2.75) is 18.4 Å². The van der Waals surface area contributed by atoms with Crippen LogP contribution < -0.4 is 5.32 Å². The van der Waals surface area contributed by atoms with Crippen LogP contribution in [0.25, 0.3) is 0 Å². The third-order valence-electron chi connectivity index (χ3n) is 3.75. The number of carbonyl (C=O) groups excluding carboxylic acids is 1. The first-order chi connectivity index (χ1) is 8.29. The highest BCUT2D eigenvalue weighted by Crippen LogP contribution is 2.39. The summed E-state index contributed by atoms with van der Waals surface area (Å²) in [5.74, 6) is 0.402. The van der Waals surface area contributed by atoms with Gasteiger partial charge in [0.05, 0.1) is 7.11 Å². The number of piperidine rings is 1. The summed E-state index contributed by atoms with van der Waals surface area (Å²) < 4.78 is 4.79. The summed E-state index contributed by atoms with van der Waals surface area (Å²) in [6.45, 7) is 1.52. The first-order valence-electron chi connectivity index (χ1n) is 5.98. The molecule has 0 aromatic heterocycles. The smallest absolute Gasteiger partial charge is 0.409 e. The Bertz CT molecular complexity index is 447. The molecule has 3 rings (SSSR count). The van der Waals surface area contributed by atoms with Gasteiger partial charge in [-0.1, -0.05) is 18.2 Å². The highest BCUT2D eigenvalue weighted by molar-refractivity contribution is 5.69. The number of para-hydroxylation sites is 1. The summed E-state index contributed by atoms with van der Waals surface area (Å²) in [5.41, 5.74) is 2.54. The third-order valence-corrected chi connectivity index (χ3v) is 3.75. The summed E-state index contributed by atoms with van der Waals surface area (Å²) in [6.07, 6.45) is 0.766. The molecule has 0 spiro atoms. The number of anilines is 1. The normalized spacial score (nSPS) is 25.8. The van der Waals surface area contributed by atoms with Crippen LogP contribution in [0.15, 0.2) is 24.3 Å². The first-order valence-corrected chi connectivity index (χ1v) is 5.98. The van der Waals surface area contributed by atoms with Crippen molar-refractivity contribution in [3.63, 3.8) is 0 Å². The fourth-order valence-electron chi connectivity index (χ4n) is 2.89. The largest absolute Gasteiger partial charge is 0.453 e. The molecule has 0 bridgehead atoms. The van der Waals surface area contributed by atoms with Crippen LogP contribution in [-0.2, 0) is 4.74 Å². The third kappa shape index (κ3) is 1.64. The molecule has 2 aliphatic heterocycles. The Balaban J connectivity index is 1.84. The zero-order valence-corrected chi connectivity index (χ0v) is 9.85. The number of likely N-dealkylation sites (tertiary alicyclic amines) is 1. The SMILES string of the molecule is COC(=O)N1CCC2Nc3ccccc3C2C1. The van der Waals surface area contributed by atoms with E-state index in [4.69, 9.17) is 4.74 Å². The molecule has 1 aromatic carbocycles. The molecule has 1 N–H and O–H groups in total. The predicted molar refractivity (Wildman–Crippen MR) is 65.2 cm³/mol. The Morgan fingerprint density at radius 2 is 2.29 bits per heavy atom. The van der Waals surface area contributed by atoms with Gasteiger partial charge in [-0.2, -0.15) is 0 Å². The number of nitrogens with zero attached hydrogens (tertiary/aromatic N) is 1. The van der Waals surface area contributed by atoms with Crippen LogP contribution in [0.2, 0.25) is 0 Å². The Labute approximate surface area is 101 Å². The highest BCUT2D eigenvalue weighted by Gasteiger charge is 2.38. The number of rotatable bonds is 0. The minimum Gasteiger partial charge on any atom is -0.453 e. The molecule has 0 radical (unpaired) electrons. The van der Waals surface area contributed by atoms with E-state index in [0.29, 0.717) is 12.0 Å². The number of hydrogen-bond acceptors (Lipinski definition) is 3. The van der Waals surface area contributed by atoms with Crippen LogP contribution in [-0.4, -0.2) is 37.2 Å². The quantitative estimate of drug-likeness (QED) is 0.744. The number of nitrogens with one attached hydrogen (secondary N) is 1. The van der Waals surface area contributed by atoms with Gasteiger partial charge < -0.3 is 15.0 Å². The highest BCUT2D eigenvalue weighted by atomic mass is 16.5. The summed E-state index contributed by atoms with van der Waals surface area (Å²) in [6, 6.07) is 8.82. The van der Waals surface area contributed by atoms with E-state index in [2.05, 4.69) is 23.5 Å². The van der Waals surface area contributed by atoms with Gasteiger partial charge in [0, 0.05) is 30.7 Å². The summed E-state index contributed by atoms with van der Waals surface area (Å²) in [7, 11) is 1.44. The van der Waals surface area contributed by atoms with Crippen LogP contribution >= 0.6 is 0 Å². The Kier molecular flexibility index (Phi) is 2.42. The summed E-state index contributed by atoms with van der Waals surface area (Å²) in [4.78, 5) is 13.3. The monoisotopic (exact) mass is 232 g/mol. The van der Waals surface area contributed by atoms with Crippen molar-refractivity contribution in [1.82, 2.24) is 4.90 Å². The number of fused-ring (bicyclic) bond motifs is 3. The molecule has 0 aliphatic carbocycles. The van der Waals surface area contributed by atoms with E-state index < -0.39 is 0 Å². The first kappa shape index (κ1) is 10.4.